The van der Waals surface area contributed by atoms with E-state index in [1.807, 2.05) is 0 Å². The first-order valence-electron chi connectivity index (χ1n) is 5.95. The highest BCUT2D eigenvalue weighted by Crippen LogP contribution is 2.21. The van der Waals surface area contributed by atoms with Crippen molar-refractivity contribution in [3.63, 3.8) is 0 Å². The zero-order chi connectivity index (χ0) is 16.1. The highest BCUT2D eigenvalue weighted by Gasteiger charge is 2.27. The van der Waals surface area contributed by atoms with Crippen molar-refractivity contribution >= 4 is 16.0 Å². The van der Waals surface area contributed by atoms with Gasteiger partial charge >= 0.3 is 12.1 Å². The molecule has 0 radical (unpaired) electrons. The average Bonchev–Trinajstić information content (AvgIpc) is 2.35. The summed E-state index contributed by atoms with van der Waals surface area (Å²) in [6.07, 6.45) is -6.07. The summed E-state index contributed by atoms with van der Waals surface area (Å²) >= 11 is 0. The first kappa shape index (κ1) is 17.4. The summed E-state index contributed by atoms with van der Waals surface area (Å²) in [5.74, 6) is -1.78. The molecule has 0 saturated heterocycles. The third-order valence-corrected chi connectivity index (χ3v) is 3.95. The lowest BCUT2D eigenvalue weighted by Crippen LogP contribution is -2.26. The molecule has 0 spiro atoms. The van der Waals surface area contributed by atoms with Crippen LogP contribution in [0.25, 0.3) is 0 Å². The van der Waals surface area contributed by atoms with Gasteiger partial charge in [0, 0.05) is 13.0 Å². The van der Waals surface area contributed by atoms with E-state index in [4.69, 9.17) is 5.11 Å². The lowest BCUT2D eigenvalue weighted by Gasteiger charge is -2.08. The topological polar surface area (TPSA) is 83.5 Å². The molecule has 0 saturated carbocycles. The van der Waals surface area contributed by atoms with Gasteiger partial charge in [0.15, 0.2) is 0 Å². The van der Waals surface area contributed by atoms with Crippen LogP contribution in [0.2, 0.25) is 0 Å². The Morgan fingerprint density at radius 1 is 1.29 bits per heavy atom. The number of nitrogens with one attached hydrogen (secondary N) is 1. The second-order valence-electron chi connectivity index (χ2n) is 4.36. The van der Waals surface area contributed by atoms with Gasteiger partial charge in [0.25, 0.3) is 0 Å². The number of alkyl halides is 3. The molecule has 0 amide bonds. The van der Waals surface area contributed by atoms with E-state index in [9.17, 15) is 26.4 Å². The zero-order valence-electron chi connectivity index (χ0n) is 10.9. The summed E-state index contributed by atoms with van der Waals surface area (Å²) in [7, 11) is -3.83. The van der Waals surface area contributed by atoms with Crippen LogP contribution in [0.4, 0.5) is 13.2 Å². The summed E-state index contributed by atoms with van der Waals surface area (Å²) in [4.78, 5) is 10.7. The number of halogens is 3. The number of carbonyl (C=O) groups is 1. The predicted molar refractivity (Wildman–Crippen MR) is 69.3 cm³/mol. The molecule has 0 aliphatic rings. The maximum Gasteiger partial charge on any atom is 0.389 e. The highest BCUT2D eigenvalue weighted by atomic mass is 32.2. The normalized spacial score (nSPS) is 12.3. The molecule has 0 unspecified atom stereocenters. The lowest BCUT2D eigenvalue weighted by molar-refractivity contribution is -0.134. The molecule has 0 bridgehead atoms. The van der Waals surface area contributed by atoms with Crippen LogP contribution in [0, 0.1) is 0 Å². The smallest absolute Gasteiger partial charge is 0.389 e. The molecule has 118 valence electrons. The van der Waals surface area contributed by atoms with Crippen molar-refractivity contribution in [1.82, 2.24) is 4.72 Å². The van der Waals surface area contributed by atoms with E-state index in [2.05, 4.69) is 4.72 Å². The molecule has 0 fully saturated rings. The van der Waals surface area contributed by atoms with Gasteiger partial charge in [-0.2, -0.15) is 13.2 Å². The fourth-order valence-corrected chi connectivity index (χ4v) is 2.60. The summed E-state index contributed by atoms with van der Waals surface area (Å²) in [5, 5.41) is 8.78. The Morgan fingerprint density at radius 3 is 2.52 bits per heavy atom. The van der Waals surface area contributed by atoms with Gasteiger partial charge < -0.3 is 5.11 Å². The Kier molecular flexibility index (Phi) is 5.73. The van der Waals surface area contributed by atoms with E-state index >= 15 is 0 Å². The molecule has 2 N–H and O–H groups in total. The predicted octanol–water partition coefficient (Wildman–Crippen LogP) is 2.15. The molecule has 0 aliphatic carbocycles. The van der Waals surface area contributed by atoms with Crippen LogP contribution in [-0.2, 0) is 16.6 Å². The van der Waals surface area contributed by atoms with Gasteiger partial charge in [-0.1, -0.05) is 12.1 Å². The molecule has 1 aromatic rings. The van der Waals surface area contributed by atoms with E-state index in [1.54, 1.807) is 0 Å². The van der Waals surface area contributed by atoms with Gasteiger partial charge in [-0.25, -0.2) is 17.9 Å². The number of benzene rings is 1. The Hall–Kier alpha value is -1.61. The van der Waals surface area contributed by atoms with E-state index in [0.29, 0.717) is 5.56 Å². The van der Waals surface area contributed by atoms with Crippen LogP contribution in [0.1, 0.15) is 28.8 Å². The number of rotatable bonds is 7. The van der Waals surface area contributed by atoms with Crippen LogP contribution < -0.4 is 4.72 Å². The van der Waals surface area contributed by atoms with Crippen LogP contribution in [0.3, 0.4) is 0 Å². The molecule has 0 heterocycles. The minimum Gasteiger partial charge on any atom is -0.478 e. The summed E-state index contributed by atoms with van der Waals surface area (Å²) in [5.41, 5.74) is 0.415. The van der Waals surface area contributed by atoms with Crippen LogP contribution in [0.5, 0.6) is 0 Å². The quantitative estimate of drug-likeness (QED) is 0.804. The van der Waals surface area contributed by atoms with Gasteiger partial charge in [0.2, 0.25) is 10.0 Å². The first-order valence-corrected chi connectivity index (χ1v) is 7.61. The molecule has 5 nitrogen and oxygen atoms in total. The summed E-state index contributed by atoms with van der Waals surface area (Å²) in [6.45, 7) is -0.171. The van der Waals surface area contributed by atoms with Crippen LogP contribution >= 0.6 is 0 Å². The van der Waals surface area contributed by atoms with Crippen molar-refractivity contribution in [3.05, 3.63) is 35.4 Å². The molecule has 1 aromatic carbocycles. The van der Waals surface area contributed by atoms with Gasteiger partial charge in [-0.05, 0) is 24.1 Å². The van der Waals surface area contributed by atoms with Gasteiger partial charge in [-0.3, -0.25) is 0 Å². The number of hydrogen-bond acceptors (Lipinski definition) is 3. The van der Waals surface area contributed by atoms with Crippen LogP contribution in [-0.4, -0.2) is 31.4 Å². The van der Waals surface area contributed by atoms with Crippen molar-refractivity contribution in [2.24, 2.45) is 0 Å². The molecule has 0 aromatic heterocycles. The largest absolute Gasteiger partial charge is 0.478 e. The second-order valence-corrected chi connectivity index (χ2v) is 6.29. The molecule has 1 rings (SSSR count). The third-order valence-electron chi connectivity index (χ3n) is 2.54. The Balaban J connectivity index is 2.53. The monoisotopic (exact) mass is 325 g/mol. The van der Waals surface area contributed by atoms with Gasteiger partial charge in [0.1, 0.15) is 0 Å². The minimum atomic E-state index is -4.38. The molecule has 9 heteroatoms. The SMILES string of the molecule is O=C(O)c1cccc(CNS(=O)(=O)CCCC(F)(F)F)c1. The maximum atomic E-state index is 11.9. The van der Waals surface area contributed by atoms with Gasteiger partial charge in [-0.15, -0.1) is 0 Å². The third kappa shape index (κ3) is 7.09. The van der Waals surface area contributed by atoms with E-state index in [1.165, 1.54) is 24.3 Å². The second kappa shape index (κ2) is 6.90. The maximum absolute atomic E-state index is 11.9. The summed E-state index contributed by atoms with van der Waals surface area (Å²) < 4.78 is 61.0. The van der Waals surface area contributed by atoms with Crippen molar-refractivity contribution in [2.75, 3.05) is 5.75 Å². The Morgan fingerprint density at radius 2 is 1.95 bits per heavy atom. The molecular weight excluding hydrogens is 311 g/mol. The van der Waals surface area contributed by atoms with E-state index in [0.717, 1.165) is 0 Å². The number of carboxylic acids is 1. The number of hydrogen-bond donors (Lipinski definition) is 2. The summed E-state index contributed by atoms with van der Waals surface area (Å²) in [6, 6.07) is 5.62. The number of carboxylic acid groups (broad SMARTS) is 1. The fraction of sp³-hybridized carbons (Fsp3) is 0.417. The van der Waals surface area contributed by atoms with Gasteiger partial charge in [0.05, 0.1) is 11.3 Å². The number of aromatic carboxylic acids is 1. The van der Waals surface area contributed by atoms with E-state index < -0.39 is 40.8 Å². The van der Waals surface area contributed by atoms with Crippen molar-refractivity contribution in [3.8, 4) is 0 Å². The first-order chi connectivity index (χ1) is 9.59. The molecule has 0 aliphatic heterocycles. The average molecular weight is 325 g/mol. The zero-order valence-corrected chi connectivity index (χ0v) is 11.7. The Bertz CT molecular complexity index is 599. The van der Waals surface area contributed by atoms with Crippen LogP contribution in [0.15, 0.2) is 24.3 Å². The lowest BCUT2D eigenvalue weighted by atomic mass is 10.1. The Labute approximate surface area is 119 Å². The van der Waals surface area contributed by atoms with E-state index in [-0.39, 0.29) is 12.1 Å². The fourth-order valence-electron chi connectivity index (χ4n) is 1.54. The van der Waals surface area contributed by atoms with Crippen molar-refractivity contribution < 1.29 is 31.5 Å². The molecule has 0 atom stereocenters. The van der Waals surface area contributed by atoms with Crippen molar-refractivity contribution in [1.29, 1.82) is 0 Å². The molecular formula is C12H14F3NO4S. The number of sulfonamides is 1. The standard InChI is InChI=1S/C12H14F3NO4S/c13-12(14,15)5-2-6-21(19,20)16-8-9-3-1-4-10(7-9)11(17)18/h1,3-4,7,16H,2,5-6,8H2,(H,17,18). The minimum absolute atomic E-state index is 0.00349. The van der Waals surface area contributed by atoms with Crippen molar-refractivity contribution in [2.45, 2.75) is 25.6 Å². The highest BCUT2D eigenvalue weighted by molar-refractivity contribution is 7.89. The molecule has 21 heavy (non-hydrogen) atoms.